The first-order valence-corrected chi connectivity index (χ1v) is 10.6. The lowest BCUT2D eigenvalue weighted by atomic mass is 10.0. The Morgan fingerprint density at radius 3 is 2.56 bits per heavy atom. The van der Waals surface area contributed by atoms with Crippen LogP contribution in [0.15, 0.2) is 47.4 Å². The van der Waals surface area contributed by atoms with Gasteiger partial charge in [0.15, 0.2) is 0 Å². The maximum atomic E-state index is 13.5. The Hall–Kier alpha value is -1.36. The molecule has 0 saturated carbocycles. The summed E-state index contributed by atoms with van der Waals surface area (Å²) < 4.78 is 28.7. The summed E-state index contributed by atoms with van der Waals surface area (Å²) in [6, 6.07) is 13.0. The van der Waals surface area contributed by atoms with E-state index >= 15 is 0 Å². The molecule has 0 unspecified atom stereocenters. The zero-order valence-electron chi connectivity index (χ0n) is 14.7. The first-order valence-electron chi connectivity index (χ1n) is 8.75. The van der Waals surface area contributed by atoms with E-state index in [1.54, 1.807) is 10.4 Å². The van der Waals surface area contributed by atoms with E-state index in [1.807, 2.05) is 50.2 Å². The van der Waals surface area contributed by atoms with Gasteiger partial charge in [-0.15, -0.1) is 0 Å². The van der Waals surface area contributed by atoms with Crippen LogP contribution in [0.1, 0.15) is 48.4 Å². The van der Waals surface area contributed by atoms with Crippen molar-refractivity contribution in [3.63, 3.8) is 0 Å². The Morgan fingerprint density at radius 2 is 1.80 bits per heavy atom. The van der Waals surface area contributed by atoms with Gasteiger partial charge >= 0.3 is 0 Å². The summed E-state index contributed by atoms with van der Waals surface area (Å²) in [6.45, 7) is 4.31. The second-order valence-electron chi connectivity index (χ2n) is 6.77. The van der Waals surface area contributed by atoms with Gasteiger partial charge in [0.2, 0.25) is 10.0 Å². The second kappa shape index (κ2) is 7.48. The quantitative estimate of drug-likeness (QED) is 0.731. The summed E-state index contributed by atoms with van der Waals surface area (Å²) in [7, 11) is -3.58. The molecule has 5 heteroatoms. The minimum Gasteiger partial charge on any atom is -0.207 e. The van der Waals surface area contributed by atoms with Gasteiger partial charge in [0, 0.05) is 11.6 Å². The van der Waals surface area contributed by atoms with Crippen LogP contribution >= 0.6 is 11.6 Å². The van der Waals surface area contributed by atoms with Gasteiger partial charge in [0.1, 0.15) is 0 Å². The maximum absolute atomic E-state index is 13.5. The lowest BCUT2D eigenvalue weighted by Gasteiger charge is -2.30. The van der Waals surface area contributed by atoms with Crippen molar-refractivity contribution in [2.45, 2.75) is 50.5 Å². The van der Waals surface area contributed by atoms with Gasteiger partial charge in [0.05, 0.1) is 10.9 Å². The highest BCUT2D eigenvalue weighted by atomic mass is 35.5. The van der Waals surface area contributed by atoms with Crippen LogP contribution in [0.2, 0.25) is 5.02 Å². The zero-order chi connectivity index (χ0) is 18.0. The topological polar surface area (TPSA) is 37.4 Å². The van der Waals surface area contributed by atoms with E-state index in [4.69, 9.17) is 11.6 Å². The Morgan fingerprint density at radius 1 is 1.04 bits per heavy atom. The second-order valence-corrected chi connectivity index (χ2v) is 9.04. The van der Waals surface area contributed by atoms with Crippen LogP contribution in [-0.4, -0.2) is 19.3 Å². The number of hydrogen-bond donors (Lipinski definition) is 0. The summed E-state index contributed by atoms with van der Waals surface area (Å²) in [6.07, 6.45) is 3.73. The fourth-order valence-corrected chi connectivity index (χ4v) is 5.78. The lowest BCUT2D eigenvalue weighted by Crippen LogP contribution is -2.35. The first-order chi connectivity index (χ1) is 11.9. The van der Waals surface area contributed by atoms with E-state index < -0.39 is 10.0 Å². The van der Waals surface area contributed by atoms with Crippen LogP contribution in [0.25, 0.3) is 0 Å². The molecule has 2 aromatic rings. The molecule has 3 rings (SSSR count). The average molecular weight is 378 g/mol. The van der Waals surface area contributed by atoms with Crippen LogP contribution in [0.4, 0.5) is 0 Å². The molecule has 0 spiro atoms. The van der Waals surface area contributed by atoms with E-state index in [0.717, 1.165) is 42.4 Å². The SMILES string of the molecule is Cc1ccc(C)c(S(=O)(=O)N2CCCCC[C@@H]2c2ccccc2Cl)c1. The van der Waals surface area contributed by atoms with Gasteiger partial charge in [-0.2, -0.15) is 4.31 Å². The molecule has 134 valence electrons. The summed E-state index contributed by atoms with van der Waals surface area (Å²) in [5.74, 6) is 0. The summed E-state index contributed by atoms with van der Waals surface area (Å²) in [5, 5.41) is 0.635. The third-order valence-electron chi connectivity index (χ3n) is 4.90. The Balaban J connectivity index is 2.10. The molecule has 1 aliphatic rings. The average Bonchev–Trinajstić information content (AvgIpc) is 2.84. The van der Waals surface area contributed by atoms with Gasteiger partial charge in [-0.25, -0.2) is 8.42 Å². The third kappa shape index (κ3) is 3.76. The van der Waals surface area contributed by atoms with E-state index in [0.29, 0.717) is 16.5 Å². The predicted molar refractivity (Wildman–Crippen MR) is 102 cm³/mol. The number of sulfonamides is 1. The Kier molecular flexibility index (Phi) is 5.52. The van der Waals surface area contributed by atoms with Gasteiger partial charge in [-0.1, -0.05) is 54.8 Å². The monoisotopic (exact) mass is 377 g/mol. The summed E-state index contributed by atoms with van der Waals surface area (Å²) in [4.78, 5) is 0.409. The fraction of sp³-hybridized carbons (Fsp3) is 0.400. The van der Waals surface area contributed by atoms with Crippen LogP contribution in [-0.2, 0) is 10.0 Å². The molecule has 0 aliphatic carbocycles. The lowest BCUT2D eigenvalue weighted by molar-refractivity contribution is 0.329. The van der Waals surface area contributed by atoms with E-state index in [2.05, 4.69) is 0 Å². The predicted octanol–water partition coefficient (Wildman–Crippen LogP) is 5.26. The first kappa shape index (κ1) is 18.4. The molecule has 1 saturated heterocycles. The van der Waals surface area contributed by atoms with Crippen molar-refractivity contribution in [2.75, 3.05) is 6.54 Å². The molecule has 1 fully saturated rings. The Bertz CT molecular complexity index is 864. The molecule has 0 bridgehead atoms. The fourth-order valence-electron chi connectivity index (χ4n) is 3.54. The van der Waals surface area contributed by atoms with Gasteiger partial charge in [-0.3, -0.25) is 0 Å². The molecule has 0 radical (unpaired) electrons. The number of hydrogen-bond acceptors (Lipinski definition) is 2. The standard InChI is InChI=1S/C20H24ClNO2S/c1-15-11-12-16(2)20(14-15)25(23,24)22-13-7-3-4-10-19(22)17-8-5-6-9-18(17)21/h5-6,8-9,11-12,14,19H,3-4,7,10,13H2,1-2H3/t19-/m1/s1. The van der Waals surface area contributed by atoms with Crippen molar-refractivity contribution in [2.24, 2.45) is 0 Å². The van der Waals surface area contributed by atoms with Crippen LogP contribution in [0.5, 0.6) is 0 Å². The highest BCUT2D eigenvalue weighted by Crippen LogP contribution is 2.38. The molecule has 0 aromatic heterocycles. The zero-order valence-corrected chi connectivity index (χ0v) is 16.3. The van der Waals surface area contributed by atoms with Gasteiger partial charge < -0.3 is 0 Å². The highest BCUT2D eigenvalue weighted by molar-refractivity contribution is 7.89. The van der Waals surface area contributed by atoms with Crippen molar-refractivity contribution in [1.82, 2.24) is 4.31 Å². The molecule has 1 heterocycles. The minimum absolute atomic E-state index is 0.207. The van der Waals surface area contributed by atoms with Crippen LogP contribution in [0.3, 0.4) is 0 Å². The van der Waals surface area contributed by atoms with Crippen LogP contribution in [0, 0.1) is 13.8 Å². The molecule has 1 atom stereocenters. The van der Waals surface area contributed by atoms with Crippen molar-refractivity contribution in [3.05, 3.63) is 64.2 Å². The smallest absolute Gasteiger partial charge is 0.207 e. The number of benzene rings is 2. The van der Waals surface area contributed by atoms with E-state index in [9.17, 15) is 8.42 Å². The van der Waals surface area contributed by atoms with Crippen molar-refractivity contribution >= 4 is 21.6 Å². The summed E-state index contributed by atoms with van der Waals surface area (Å²) >= 11 is 6.41. The van der Waals surface area contributed by atoms with Gasteiger partial charge in [-0.05, 0) is 55.5 Å². The molecule has 3 nitrogen and oxygen atoms in total. The largest absolute Gasteiger partial charge is 0.243 e. The normalized spacial score (nSPS) is 19.6. The number of halogens is 1. The van der Waals surface area contributed by atoms with Crippen LogP contribution < -0.4 is 0 Å². The minimum atomic E-state index is -3.58. The van der Waals surface area contributed by atoms with E-state index in [-0.39, 0.29) is 6.04 Å². The number of nitrogens with zero attached hydrogens (tertiary/aromatic N) is 1. The highest BCUT2D eigenvalue weighted by Gasteiger charge is 2.35. The molecule has 1 aliphatic heterocycles. The van der Waals surface area contributed by atoms with Crippen molar-refractivity contribution in [1.29, 1.82) is 0 Å². The summed E-state index contributed by atoms with van der Waals surface area (Å²) in [5.41, 5.74) is 2.64. The molecular weight excluding hydrogens is 354 g/mol. The van der Waals surface area contributed by atoms with Gasteiger partial charge in [0.25, 0.3) is 0 Å². The van der Waals surface area contributed by atoms with Crippen molar-refractivity contribution < 1.29 is 8.42 Å². The molecule has 25 heavy (non-hydrogen) atoms. The number of rotatable bonds is 3. The molecular formula is C20H24ClNO2S. The van der Waals surface area contributed by atoms with E-state index in [1.165, 1.54) is 0 Å². The molecule has 2 aromatic carbocycles. The molecule has 0 amide bonds. The van der Waals surface area contributed by atoms with Crippen molar-refractivity contribution in [3.8, 4) is 0 Å². The number of aryl methyl sites for hydroxylation is 2. The Labute approximate surface area is 155 Å². The third-order valence-corrected chi connectivity index (χ3v) is 7.29. The molecule has 0 N–H and O–H groups in total. The maximum Gasteiger partial charge on any atom is 0.243 e.